The lowest BCUT2D eigenvalue weighted by atomic mass is 9.99. The molecule has 1 N–H and O–H groups in total. The van der Waals surface area contributed by atoms with E-state index in [0.717, 1.165) is 16.7 Å². The number of aromatic hydroxyl groups is 1. The molecule has 14 heavy (non-hydrogen) atoms. The Bertz CT molecular complexity index is 437. The van der Waals surface area contributed by atoms with E-state index in [1.807, 2.05) is 49.4 Å². The van der Waals surface area contributed by atoms with Crippen molar-refractivity contribution in [1.82, 2.24) is 0 Å². The maximum absolute atomic E-state index is 9.84. The summed E-state index contributed by atoms with van der Waals surface area (Å²) in [6, 6.07) is 5.76. The van der Waals surface area contributed by atoms with E-state index < -0.39 is 0 Å². The zero-order chi connectivity index (χ0) is 9.97. The molecule has 0 atom stereocenters. The largest absolute Gasteiger partial charge is 0.507 e. The molecule has 1 aliphatic carbocycles. The second-order valence-corrected chi connectivity index (χ2v) is 3.26. The zero-order valence-electron chi connectivity index (χ0n) is 7.99. The molecule has 1 aromatic rings. The average Bonchev–Trinajstić information content (AvgIpc) is 2.23. The monoisotopic (exact) mass is 183 g/mol. The molecule has 1 aliphatic rings. The van der Waals surface area contributed by atoms with Crippen LogP contribution in [0.5, 0.6) is 5.75 Å². The standard InChI is InChI=1S/C13H10O/c1-10-6-5-9-12(13(10)14)11-7-3-2-4-8-11/h3-9H,1H3/p+1. The summed E-state index contributed by atoms with van der Waals surface area (Å²) in [7, 11) is 0. The van der Waals surface area contributed by atoms with Crippen molar-refractivity contribution in [3.05, 3.63) is 59.7 Å². The van der Waals surface area contributed by atoms with Gasteiger partial charge in [0.25, 0.3) is 0 Å². The number of allylic oxidation sites excluding steroid dienone is 6. The number of benzene rings is 1. The van der Waals surface area contributed by atoms with Crippen LogP contribution in [0, 0.1) is 13.0 Å². The first-order valence-corrected chi connectivity index (χ1v) is 4.54. The van der Waals surface area contributed by atoms with Crippen molar-refractivity contribution in [1.29, 1.82) is 0 Å². The molecule has 2 rings (SSSR count). The molecule has 1 heteroatoms. The summed E-state index contributed by atoms with van der Waals surface area (Å²) in [5.74, 6) is 0.360. The number of rotatable bonds is 1. The molecular formula is C13H11O+. The Hall–Kier alpha value is -1.85. The lowest BCUT2D eigenvalue weighted by Gasteiger charge is -2.04. The van der Waals surface area contributed by atoms with Crippen LogP contribution in [0.15, 0.2) is 42.5 Å². The molecule has 68 valence electrons. The minimum absolute atomic E-state index is 0.360. The van der Waals surface area contributed by atoms with E-state index in [0.29, 0.717) is 5.75 Å². The Morgan fingerprint density at radius 3 is 2.86 bits per heavy atom. The van der Waals surface area contributed by atoms with Crippen LogP contribution in [0.25, 0.3) is 5.57 Å². The summed E-state index contributed by atoms with van der Waals surface area (Å²) in [4.78, 5) is 0. The summed E-state index contributed by atoms with van der Waals surface area (Å²) < 4.78 is 0. The number of hydrogen-bond donors (Lipinski definition) is 1. The average molecular weight is 183 g/mol. The summed E-state index contributed by atoms with van der Waals surface area (Å²) in [6.07, 6.45) is 10.5. The first kappa shape index (κ1) is 8.74. The molecule has 0 unspecified atom stereocenters. The molecule has 0 saturated heterocycles. The molecule has 1 aromatic carbocycles. The Balaban J connectivity index is 2.52. The minimum atomic E-state index is 0.360. The van der Waals surface area contributed by atoms with Crippen molar-refractivity contribution < 1.29 is 5.11 Å². The zero-order valence-corrected chi connectivity index (χ0v) is 7.99. The van der Waals surface area contributed by atoms with Crippen LogP contribution < -0.4 is 0 Å². The third kappa shape index (κ3) is 1.46. The number of phenols is 1. The van der Waals surface area contributed by atoms with Crippen LogP contribution >= 0.6 is 0 Å². The highest BCUT2D eigenvalue weighted by Crippen LogP contribution is 2.29. The van der Waals surface area contributed by atoms with Crippen LogP contribution in [0.2, 0.25) is 0 Å². The predicted molar refractivity (Wildman–Crippen MR) is 57.8 cm³/mol. The molecule has 0 aliphatic heterocycles. The summed E-state index contributed by atoms with van der Waals surface area (Å²) in [6.45, 7) is 1.90. The maximum atomic E-state index is 9.84. The van der Waals surface area contributed by atoms with Crippen LogP contribution in [0.1, 0.15) is 11.1 Å². The van der Waals surface area contributed by atoms with E-state index >= 15 is 0 Å². The first-order valence-electron chi connectivity index (χ1n) is 4.54. The van der Waals surface area contributed by atoms with E-state index in [2.05, 4.69) is 6.08 Å². The molecule has 1 nitrogen and oxygen atoms in total. The van der Waals surface area contributed by atoms with Gasteiger partial charge in [0.1, 0.15) is 17.9 Å². The summed E-state index contributed by atoms with van der Waals surface area (Å²) >= 11 is 0. The van der Waals surface area contributed by atoms with Crippen molar-refractivity contribution in [2.75, 3.05) is 0 Å². The van der Waals surface area contributed by atoms with E-state index in [1.165, 1.54) is 0 Å². The van der Waals surface area contributed by atoms with Gasteiger partial charge in [0.05, 0.1) is 23.3 Å². The van der Waals surface area contributed by atoms with Gasteiger partial charge in [-0.1, -0.05) is 12.1 Å². The van der Waals surface area contributed by atoms with Gasteiger partial charge in [0.2, 0.25) is 0 Å². The van der Waals surface area contributed by atoms with Gasteiger partial charge in [-0.25, -0.2) is 0 Å². The molecule has 0 bridgehead atoms. The van der Waals surface area contributed by atoms with Crippen molar-refractivity contribution in [3.8, 4) is 5.75 Å². The number of para-hydroxylation sites is 1. The molecule has 0 fully saturated rings. The normalized spacial score (nSPS) is 13.6. The van der Waals surface area contributed by atoms with Crippen molar-refractivity contribution in [2.24, 2.45) is 0 Å². The van der Waals surface area contributed by atoms with Gasteiger partial charge in [0, 0.05) is 6.08 Å². The smallest absolute Gasteiger partial charge is 0.128 e. The molecule has 0 radical (unpaired) electrons. The van der Waals surface area contributed by atoms with Crippen LogP contribution in [0.3, 0.4) is 0 Å². The molecule has 0 aromatic heterocycles. The second-order valence-electron chi connectivity index (χ2n) is 3.26. The van der Waals surface area contributed by atoms with Gasteiger partial charge in [-0.2, -0.15) is 0 Å². The highest BCUT2D eigenvalue weighted by molar-refractivity contribution is 5.80. The summed E-state index contributed by atoms with van der Waals surface area (Å²) in [5.41, 5.74) is 2.79. The van der Waals surface area contributed by atoms with Crippen LogP contribution in [-0.2, 0) is 0 Å². The predicted octanol–water partition coefficient (Wildman–Crippen LogP) is 3.01. The van der Waals surface area contributed by atoms with Crippen molar-refractivity contribution in [2.45, 2.75) is 6.92 Å². The Morgan fingerprint density at radius 1 is 1.29 bits per heavy atom. The van der Waals surface area contributed by atoms with E-state index in [-0.39, 0.29) is 0 Å². The quantitative estimate of drug-likeness (QED) is 0.663. The molecule has 0 heterocycles. The third-order valence-corrected chi connectivity index (χ3v) is 2.27. The number of phenolic OH excluding ortho intramolecular Hbond substituents is 1. The first-order chi connectivity index (χ1) is 6.79. The highest BCUT2D eigenvalue weighted by Gasteiger charge is 2.11. The topological polar surface area (TPSA) is 20.2 Å². The summed E-state index contributed by atoms with van der Waals surface area (Å²) in [5, 5.41) is 9.84. The fraction of sp³-hybridized carbons (Fsp3) is 0.0769. The van der Waals surface area contributed by atoms with Crippen molar-refractivity contribution >= 4 is 5.57 Å². The van der Waals surface area contributed by atoms with E-state index in [4.69, 9.17) is 0 Å². The number of aryl methyl sites for hydroxylation is 1. The van der Waals surface area contributed by atoms with Gasteiger partial charge in [0.15, 0.2) is 0 Å². The van der Waals surface area contributed by atoms with Gasteiger partial charge >= 0.3 is 0 Å². The SMILES string of the molecule is Cc1cccc(C2=CC=[C+]C=C2)c1O. The van der Waals surface area contributed by atoms with Crippen LogP contribution in [-0.4, -0.2) is 5.11 Å². The molecule has 0 amide bonds. The van der Waals surface area contributed by atoms with Crippen molar-refractivity contribution in [3.63, 3.8) is 0 Å². The lowest BCUT2D eigenvalue weighted by molar-refractivity contribution is 0.469. The maximum Gasteiger partial charge on any atom is 0.128 e. The van der Waals surface area contributed by atoms with E-state index in [1.54, 1.807) is 0 Å². The van der Waals surface area contributed by atoms with Gasteiger partial charge in [-0.3, -0.25) is 0 Å². The van der Waals surface area contributed by atoms with Gasteiger partial charge < -0.3 is 5.11 Å². The molecule has 0 spiro atoms. The third-order valence-electron chi connectivity index (χ3n) is 2.27. The van der Waals surface area contributed by atoms with E-state index in [9.17, 15) is 5.11 Å². The highest BCUT2D eigenvalue weighted by atomic mass is 16.3. The van der Waals surface area contributed by atoms with Gasteiger partial charge in [-0.15, -0.1) is 0 Å². The molecular weight excluding hydrogens is 172 g/mol. The Kier molecular flexibility index (Phi) is 2.18. The fourth-order valence-corrected chi connectivity index (χ4v) is 1.46. The lowest BCUT2D eigenvalue weighted by Crippen LogP contribution is -1.86. The second kappa shape index (κ2) is 3.49. The number of hydrogen-bond acceptors (Lipinski definition) is 1. The molecule has 0 saturated carbocycles. The Labute approximate surface area is 83.7 Å². The fourth-order valence-electron chi connectivity index (χ4n) is 1.46. The minimum Gasteiger partial charge on any atom is -0.507 e. The van der Waals surface area contributed by atoms with Gasteiger partial charge in [-0.05, 0) is 18.6 Å². The Morgan fingerprint density at radius 2 is 2.14 bits per heavy atom. The van der Waals surface area contributed by atoms with Crippen LogP contribution in [0.4, 0.5) is 0 Å².